The molecule has 1 rings (SSSR count). The molecule has 0 saturated carbocycles. The average molecular weight is 415 g/mol. The fourth-order valence-corrected chi connectivity index (χ4v) is 3.39. The number of nitrogens with zero attached hydrogens (tertiary/aromatic N) is 2. The standard InChI is InChI=1S/C20H38N2O5Si/c1-15-18(26-14-24-8)16(12-27-28(9,10)20(2,3)4)17(11-25-13-23-7)19(21-15)22(5)6/h11-14H2,1-10H3. The van der Waals surface area contributed by atoms with Crippen molar-refractivity contribution in [3.05, 3.63) is 16.8 Å². The lowest BCUT2D eigenvalue weighted by Crippen LogP contribution is -2.40. The van der Waals surface area contributed by atoms with Gasteiger partial charge in [0.05, 0.1) is 18.9 Å². The van der Waals surface area contributed by atoms with Gasteiger partial charge in [0.2, 0.25) is 0 Å². The highest BCUT2D eigenvalue weighted by Crippen LogP contribution is 2.39. The predicted molar refractivity (Wildman–Crippen MR) is 114 cm³/mol. The van der Waals surface area contributed by atoms with Crippen molar-refractivity contribution >= 4 is 14.1 Å². The Morgan fingerprint density at radius 1 is 0.964 bits per heavy atom. The summed E-state index contributed by atoms with van der Waals surface area (Å²) in [5, 5.41) is 0.111. The van der Waals surface area contributed by atoms with Crippen molar-refractivity contribution in [2.75, 3.05) is 46.8 Å². The van der Waals surface area contributed by atoms with Crippen LogP contribution in [-0.2, 0) is 31.9 Å². The Morgan fingerprint density at radius 2 is 1.57 bits per heavy atom. The maximum atomic E-state index is 6.52. The molecule has 0 aliphatic heterocycles. The maximum absolute atomic E-state index is 6.52. The molecule has 1 heterocycles. The van der Waals surface area contributed by atoms with Crippen molar-refractivity contribution in [3.63, 3.8) is 0 Å². The van der Waals surface area contributed by atoms with Gasteiger partial charge in [0.1, 0.15) is 18.4 Å². The molecule has 0 amide bonds. The minimum Gasteiger partial charge on any atom is -0.465 e. The van der Waals surface area contributed by atoms with E-state index in [2.05, 4.69) is 33.9 Å². The Hall–Kier alpha value is -1.19. The zero-order valence-corrected chi connectivity index (χ0v) is 20.3. The molecule has 0 aliphatic carbocycles. The van der Waals surface area contributed by atoms with E-state index in [4.69, 9.17) is 28.4 Å². The SMILES string of the molecule is COCOCc1c(N(C)C)nc(C)c(OCOC)c1CO[Si](C)(C)C(C)(C)C. The van der Waals surface area contributed by atoms with Crippen LogP contribution in [0, 0.1) is 6.92 Å². The molecule has 0 aliphatic rings. The fourth-order valence-electron chi connectivity index (χ4n) is 2.45. The van der Waals surface area contributed by atoms with Gasteiger partial charge in [0, 0.05) is 39.4 Å². The van der Waals surface area contributed by atoms with Crippen molar-refractivity contribution in [1.29, 1.82) is 0 Å². The molecule has 28 heavy (non-hydrogen) atoms. The normalized spacial score (nSPS) is 12.4. The lowest BCUT2D eigenvalue weighted by atomic mass is 10.1. The van der Waals surface area contributed by atoms with Gasteiger partial charge in [-0.2, -0.15) is 0 Å². The van der Waals surface area contributed by atoms with Gasteiger partial charge in [-0.3, -0.25) is 0 Å². The number of hydrogen-bond acceptors (Lipinski definition) is 7. The van der Waals surface area contributed by atoms with E-state index in [1.165, 1.54) is 0 Å². The van der Waals surface area contributed by atoms with Crippen LogP contribution in [0.3, 0.4) is 0 Å². The minimum atomic E-state index is -1.95. The van der Waals surface area contributed by atoms with Gasteiger partial charge in [-0.15, -0.1) is 0 Å². The van der Waals surface area contributed by atoms with Crippen LogP contribution in [0.1, 0.15) is 37.6 Å². The smallest absolute Gasteiger partial charge is 0.192 e. The Balaban J connectivity index is 3.42. The number of rotatable bonds is 11. The number of aromatic nitrogens is 1. The van der Waals surface area contributed by atoms with E-state index in [0.717, 1.165) is 22.6 Å². The molecular weight excluding hydrogens is 376 g/mol. The van der Waals surface area contributed by atoms with Crippen LogP contribution in [-0.4, -0.2) is 55.2 Å². The molecule has 0 N–H and O–H groups in total. The molecule has 8 heteroatoms. The highest BCUT2D eigenvalue weighted by Gasteiger charge is 2.37. The summed E-state index contributed by atoms with van der Waals surface area (Å²) in [6.45, 7) is 14.3. The first-order valence-electron chi connectivity index (χ1n) is 9.48. The van der Waals surface area contributed by atoms with Crippen LogP contribution in [0.15, 0.2) is 0 Å². The Morgan fingerprint density at radius 3 is 2.07 bits per heavy atom. The van der Waals surface area contributed by atoms with Crippen molar-refractivity contribution in [1.82, 2.24) is 4.98 Å². The minimum absolute atomic E-state index is 0.111. The molecule has 0 saturated heterocycles. The quantitative estimate of drug-likeness (QED) is 0.307. The van der Waals surface area contributed by atoms with E-state index in [1.807, 2.05) is 25.9 Å². The summed E-state index contributed by atoms with van der Waals surface area (Å²) in [5.74, 6) is 1.54. The molecule has 7 nitrogen and oxygen atoms in total. The fraction of sp³-hybridized carbons (Fsp3) is 0.750. The van der Waals surface area contributed by atoms with Gasteiger partial charge >= 0.3 is 0 Å². The van der Waals surface area contributed by atoms with E-state index >= 15 is 0 Å². The second kappa shape index (κ2) is 10.5. The average Bonchev–Trinajstić information content (AvgIpc) is 2.59. The van der Waals surface area contributed by atoms with E-state index in [1.54, 1.807) is 14.2 Å². The summed E-state index contributed by atoms with van der Waals surface area (Å²) in [5.41, 5.74) is 2.69. The summed E-state index contributed by atoms with van der Waals surface area (Å²) in [4.78, 5) is 6.72. The monoisotopic (exact) mass is 414 g/mol. The van der Waals surface area contributed by atoms with Gasteiger partial charge in [0.15, 0.2) is 15.1 Å². The molecule has 0 unspecified atom stereocenters. The number of pyridine rings is 1. The molecule has 0 radical (unpaired) electrons. The van der Waals surface area contributed by atoms with E-state index in [9.17, 15) is 0 Å². The molecule has 162 valence electrons. The van der Waals surface area contributed by atoms with Crippen LogP contribution in [0.5, 0.6) is 5.75 Å². The van der Waals surface area contributed by atoms with Gasteiger partial charge < -0.3 is 28.3 Å². The lowest BCUT2D eigenvalue weighted by molar-refractivity contribution is -0.0395. The third-order valence-corrected chi connectivity index (χ3v) is 9.56. The number of ether oxygens (including phenoxy) is 4. The second-order valence-corrected chi connectivity index (χ2v) is 13.4. The van der Waals surface area contributed by atoms with E-state index in [-0.39, 0.29) is 18.6 Å². The largest absolute Gasteiger partial charge is 0.465 e. The first-order valence-corrected chi connectivity index (χ1v) is 12.4. The Kier molecular flexibility index (Phi) is 9.36. The third kappa shape index (κ3) is 6.42. The number of aryl methyl sites for hydroxylation is 1. The molecule has 1 aromatic rings. The first kappa shape index (κ1) is 24.8. The number of methoxy groups -OCH3 is 2. The van der Waals surface area contributed by atoms with Gasteiger partial charge in [0.25, 0.3) is 0 Å². The number of anilines is 1. The van der Waals surface area contributed by atoms with Crippen LogP contribution in [0.4, 0.5) is 5.82 Å². The third-order valence-electron chi connectivity index (χ3n) is 5.09. The van der Waals surface area contributed by atoms with Crippen molar-refractivity contribution in [2.24, 2.45) is 0 Å². The topological polar surface area (TPSA) is 62.3 Å². The molecule has 0 atom stereocenters. The summed E-state index contributed by atoms with van der Waals surface area (Å²) in [6, 6.07) is 0. The van der Waals surface area contributed by atoms with E-state index < -0.39 is 8.32 Å². The predicted octanol–water partition coefficient (Wildman–Crippen LogP) is 4.08. The lowest BCUT2D eigenvalue weighted by Gasteiger charge is -2.36. The van der Waals surface area contributed by atoms with Crippen LogP contribution < -0.4 is 9.64 Å². The van der Waals surface area contributed by atoms with Crippen LogP contribution in [0.25, 0.3) is 0 Å². The summed E-state index contributed by atoms with van der Waals surface area (Å²) in [7, 11) is 5.19. The molecule has 0 spiro atoms. The number of hydrogen-bond donors (Lipinski definition) is 0. The highest BCUT2D eigenvalue weighted by atomic mass is 28.4. The summed E-state index contributed by atoms with van der Waals surface area (Å²) < 4.78 is 28.3. The van der Waals surface area contributed by atoms with Gasteiger partial charge in [-0.05, 0) is 25.1 Å². The zero-order valence-electron chi connectivity index (χ0n) is 19.3. The van der Waals surface area contributed by atoms with Gasteiger partial charge in [-0.1, -0.05) is 20.8 Å². The van der Waals surface area contributed by atoms with Crippen LogP contribution in [0.2, 0.25) is 18.1 Å². The van der Waals surface area contributed by atoms with Crippen molar-refractivity contribution in [3.8, 4) is 5.75 Å². The second-order valence-electron chi connectivity index (χ2n) is 8.56. The highest BCUT2D eigenvalue weighted by molar-refractivity contribution is 6.74. The first-order chi connectivity index (χ1) is 13.0. The molecule has 0 aromatic carbocycles. The van der Waals surface area contributed by atoms with E-state index in [0.29, 0.717) is 19.0 Å². The van der Waals surface area contributed by atoms with Crippen molar-refractivity contribution in [2.45, 2.75) is 59.0 Å². The molecule has 1 aromatic heterocycles. The summed E-state index contributed by atoms with van der Waals surface area (Å²) in [6.07, 6.45) is 0. The maximum Gasteiger partial charge on any atom is 0.192 e. The Bertz CT molecular complexity index is 630. The molecule has 0 bridgehead atoms. The van der Waals surface area contributed by atoms with Crippen LogP contribution >= 0.6 is 0 Å². The molecular formula is C20H38N2O5Si. The van der Waals surface area contributed by atoms with Crippen molar-refractivity contribution < 1.29 is 23.4 Å². The Labute approximate surface area is 171 Å². The summed E-state index contributed by atoms with van der Waals surface area (Å²) >= 11 is 0. The zero-order chi connectivity index (χ0) is 21.5. The van der Waals surface area contributed by atoms with Gasteiger partial charge in [-0.25, -0.2) is 4.98 Å². The molecule has 0 fully saturated rings.